The SMILES string of the molecule is CCNc1ccc(C(=O)c2c(OCC)ccc3ccccc23)cc1-c1cc(C(CCCCCCC(=NOC(C)=O)c2ccc(NCC)c(-c3cc(C(=O)c4c(C)ccc5ccccc45)ccc3C)c2)=NC)ccc1C. The van der Waals surface area contributed by atoms with Crippen LogP contribution in [-0.2, 0) is 9.63 Å². The lowest BCUT2D eigenvalue weighted by atomic mass is 9.89. The molecule has 9 heteroatoms. The van der Waals surface area contributed by atoms with Gasteiger partial charge in [-0.25, -0.2) is 4.79 Å². The molecule has 0 aliphatic heterocycles. The average Bonchev–Trinajstić information content (AvgIpc) is 3.42. The Kier molecular flexibility index (Phi) is 17.5. The van der Waals surface area contributed by atoms with E-state index in [1.54, 1.807) is 0 Å². The fraction of sp³-hybridized carbons (Fsp3) is 0.258. The average molecular weight is 997 g/mol. The molecule has 0 bridgehead atoms. The van der Waals surface area contributed by atoms with E-state index in [0.717, 1.165) is 127 Å². The Labute approximate surface area is 442 Å². The lowest BCUT2D eigenvalue weighted by molar-refractivity contribution is -0.140. The zero-order valence-electron chi connectivity index (χ0n) is 44.7. The number of anilines is 2. The summed E-state index contributed by atoms with van der Waals surface area (Å²) in [5, 5.41) is 15.3. The third-order valence-electron chi connectivity index (χ3n) is 13.9. The summed E-state index contributed by atoms with van der Waals surface area (Å²) >= 11 is 0. The fourth-order valence-corrected chi connectivity index (χ4v) is 10.1. The molecule has 8 aromatic rings. The summed E-state index contributed by atoms with van der Waals surface area (Å²) in [4.78, 5) is 51.1. The van der Waals surface area contributed by atoms with Crippen LogP contribution in [0.5, 0.6) is 5.75 Å². The van der Waals surface area contributed by atoms with E-state index in [2.05, 4.69) is 73.8 Å². The van der Waals surface area contributed by atoms with Gasteiger partial charge >= 0.3 is 5.97 Å². The predicted molar refractivity (Wildman–Crippen MR) is 311 cm³/mol. The van der Waals surface area contributed by atoms with Gasteiger partial charge in [0, 0.05) is 77.5 Å². The van der Waals surface area contributed by atoms with Crippen LogP contribution in [0.15, 0.2) is 156 Å². The summed E-state index contributed by atoms with van der Waals surface area (Å²) in [6, 6.07) is 48.4. The Morgan fingerprint density at radius 2 is 0.960 bits per heavy atom. The number of nitrogens with one attached hydrogen (secondary N) is 2. The molecule has 0 aliphatic carbocycles. The highest BCUT2D eigenvalue weighted by Crippen LogP contribution is 2.38. The van der Waals surface area contributed by atoms with Gasteiger partial charge in [0.25, 0.3) is 0 Å². The molecule has 0 radical (unpaired) electrons. The number of ketones is 2. The summed E-state index contributed by atoms with van der Waals surface area (Å²) < 4.78 is 6.02. The molecule has 0 spiro atoms. The summed E-state index contributed by atoms with van der Waals surface area (Å²) in [6.45, 7) is 15.5. The van der Waals surface area contributed by atoms with Crippen LogP contribution in [-0.4, -0.2) is 55.7 Å². The number of aryl methyl sites for hydroxylation is 3. The van der Waals surface area contributed by atoms with Crippen molar-refractivity contribution in [2.75, 3.05) is 37.4 Å². The van der Waals surface area contributed by atoms with E-state index in [4.69, 9.17) is 14.6 Å². The zero-order valence-corrected chi connectivity index (χ0v) is 44.7. The molecule has 75 heavy (non-hydrogen) atoms. The van der Waals surface area contributed by atoms with Crippen molar-refractivity contribution in [2.45, 2.75) is 87.0 Å². The first-order chi connectivity index (χ1) is 36.4. The van der Waals surface area contributed by atoms with Gasteiger partial charge in [0.05, 0.1) is 17.9 Å². The molecule has 0 amide bonds. The highest BCUT2D eigenvalue weighted by molar-refractivity contribution is 6.19. The first-order valence-corrected chi connectivity index (χ1v) is 26.4. The van der Waals surface area contributed by atoms with Gasteiger partial charge in [0.15, 0.2) is 11.6 Å². The smallest absolute Gasteiger partial charge is 0.331 e. The molecular weight excluding hydrogens is 929 g/mol. The lowest BCUT2D eigenvalue weighted by Crippen LogP contribution is -2.08. The Morgan fingerprint density at radius 3 is 1.55 bits per heavy atom. The van der Waals surface area contributed by atoms with Gasteiger partial charge in [-0.1, -0.05) is 115 Å². The summed E-state index contributed by atoms with van der Waals surface area (Å²) in [5.41, 5.74) is 14.9. The number of hydrogen-bond acceptors (Lipinski definition) is 9. The number of aliphatic imine (C=N–C) groups is 1. The van der Waals surface area contributed by atoms with Gasteiger partial charge in [-0.05, 0) is 171 Å². The molecule has 8 rings (SSSR count). The van der Waals surface area contributed by atoms with Gasteiger partial charge in [0.2, 0.25) is 0 Å². The molecule has 0 fully saturated rings. The summed E-state index contributed by atoms with van der Waals surface area (Å²) in [6.07, 6.45) is 5.06. The number of hydrogen-bond donors (Lipinski definition) is 2. The summed E-state index contributed by atoms with van der Waals surface area (Å²) in [5.74, 6) is -0.00546. The first-order valence-electron chi connectivity index (χ1n) is 26.4. The number of fused-ring (bicyclic) bond motifs is 2. The van der Waals surface area contributed by atoms with Crippen LogP contribution < -0.4 is 15.4 Å². The van der Waals surface area contributed by atoms with Crippen LogP contribution in [0.2, 0.25) is 0 Å². The minimum absolute atomic E-state index is 0.0196. The maximum atomic E-state index is 14.5. The fourth-order valence-electron chi connectivity index (χ4n) is 10.1. The number of oxime groups is 1. The van der Waals surface area contributed by atoms with E-state index >= 15 is 0 Å². The number of benzene rings is 8. The molecule has 0 atom stereocenters. The number of nitrogens with zero attached hydrogens (tertiary/aromatic N) is 2. The minimum atomic E-state index is -0.482. The Bertz CT molecular complexity index is 3480. The van der Waals surface area contributed by atoms with E-state index in [-0.39, 0.29) is 11.6 Å². The van der Waals surface area contributed by atoms with E-state index in [0.29, 0.717) is 53.3 Å². The van der Waals surface area contributed by atoms with Crippen LogP contribution >= 0.6 is 0 Å². The van der Waals surface area contributed by atoms with E-state index < -0.39 is 5.97 Å². The highest BCUT2D eigenvalue weighted by Gasteiger charge is 2.23. The standard InChI is InChI=1S/C66H68N4O5/c1-9-68-60-35-32-49(39-56(60)55-40-50(31-27-43(55)5)65(72)63-44(6)28-29-46-20-16-18-22-52(46)63)59(70-75-45(7)71)25-15-13-12-14-24-58(67-8)48-30-26-42(4)54(38-48)57-41-51(33-36-61(57)69-10-2)66(73)64-53-23-19-17-21-47(53)34-37-62(64)74-11-3/h16-23,26-41,68-69H,9-15,24-25H2,1-8H3. The van der Waals surface area contributed by atoms with Crippen LogP contribution in [0.1, 0.15) is 126 Å². The topological polar surface area (TPSA) is 118 Å². The molecule has 0 aromatic heterocycles. The number of unbranched alkanes of at least 4 members (excludes halogenated alkanes) is 3. The van der Waals surface area contributed by atoms with Gasteiger partial charge in [-0.3, -0.25) is 14.6 Å². The second kappa shape index (κ2) is 24.7. The van der Waals surface area contributed by atoms with Gasteiger partial charge in [0.1, 0.15) is 5.75 Å². The van der Waals surface area contributed by atoms with Gasteiger partial charge in [-0.15, -0.1) is 0 Å². The molecule has 382 valence electrons. The molecule has 8 aromatic carbocycles. The molecule has 0 aliphatic rings. The number of ether oxygens (including phenoxy) is 1. The minimum Gasteiger partial charge on any atom is -0.493 e. The normalized spacial score (nSPS) is 11.7. The number of rotatable bonds is 22. The van der Waals surface area contributed by atoms with Crippen LogP contribution in [0.3, 0.4) is 0 Å². The molecule has 0 heterocycles. The van der Waals surface area contributed by atoms with Crippen molar-refractivity contribution in [1.29, 1.82) is 0 Å². The van der Waals surface area contributed by atoms with Gasteiger partial charge in [-0.2, -0.15) is 0 Å². The van der Waals surface area contributed by atoms with Crippen LogP contribution in [0.25, 0.3) is 43.8 Å². The molecule has 0 saturated carbocycles. The van der Waals surface area contributed by atoms with Crippen LogP contribution in [0, 0.1) is 20.8 Å². The second-order valence-electron chi connectivity index (χ2n) is 19.1. The predicted octanol–water partition coefficient (Wildman–Crippen LogP) is 15.7. The summed E-state index contributed by atoms with van der Waals surface area (Å²) in [7, 11) is 1.85. The van der Waals surface area contributed by atoms with Crippen molar-refractivity contribution >= 4 is 61.9 Å². The third-order valence-corrected chi connectivity index (χ3v) is 13.9. The molecular formula is C66H68N4O5. The molecule has 0 unspecified atom stereocenters. The molecule has 0 saturated heterocycles. The quantitative estimate of drug-likeness (QED) is 0.0228. The van der Waals surface area contributed by atoms with Crippen molar-refractivity contribution in [1.82, 2.24) is 0 Å². The number of carbonyl (C=O) groups is 3. The Hall–Kier alpha value is -8.17. The second-order valence-corrected chi connectivity index (χ2v) is 19.1. The van der Waals surface area contributed by atoms with E-state index in [1.807, 2.05) is 136 Å². The third kappa shape index (κ3) is 12.1. The Balaban J connectivity index is 0.979. The monoisotopic (exact) mass is 997 g/mol. The van der Waals surface area contributed by atoms with Crippen molar-refractivity contribution in [3.8, 4) is 28.0 Å². The first kappa shape index (κ1) is 53.1. The van der Waals surface area contributed by atoms with Gasteiger partial charge < -0.3 is 20.2 Å². The van der Waals surface area contributed by atoms with Crippen LogP contribution in [0.4, 0.5) is 11.4 Å². The maximum absolute atomic E-state index is 14.5. The number of carbonyl (C=O) groups excluding carboxylic acids is 3. The van der Waals surface area contributed by atoms with E-state index in [9.17, 15) is 14.4 Å². The van der Waals surface area contributed by atoms with E-state index in [1.165, 1.54) is 6.92 Å². The van der Waals surface area contributed by atoms with Crippen molar-refractivity contribution in [3.63, 3.8) is 0 Å². The largest absolute Gasteiger partial charge is 0.493 e. The van der Waals surface area contributed by atoms with Crippen molar-refractivity contribution < 1.29 is 24.0 Å². The lowest BCUT2D eigenvalue weighted by Gasteiger charge is -2.18. The Morgan fingerprint density at radius 1 is 0.493 bits per heavy atom. The highest BCUT2D eigenvalue weighted by atomic mass is 16.7. The van der Waals surface area contributed by atoms with Crippen molar-refractivity contribution in [3.05, 3.63) is 196 Å². The zero-order chi connectivity index (χ0) is 53.0. The maximum Gasteiger partial charge on any atom is 0.331 e. The molecule has 2 N–H and O–H groups in total. The van der Waals surface area contributed by atoms with Crippen molar-refractivity contribution in [2.24, 2.45) is 10.1 Å². The molecule has 9 nitrogen and oxygen atoms in total.